The second-order valence-electron chi connectivity index (χ2n) is 2.35. The van der Waals surface area contributed by atoms with Crippen LogP contribution in [0.1, 0.15) is 16.1 Å². The highest BCUT2D eigenvalue weighted by Gasteiger charge is 2.00. The summed E-state index contributed by atoms with van der Waals surface area (Å²) in [6.45, 7) is 7.72. The van der Waals surface area contributed by atoms with E-state index in [4.69, 9.17) is 0 Å². The maximum absolute atomic E-state index is 4.23. The summed E-state index contributed by atoms with van der Waals surface area (Å²) in [7, 11) is 0. The third kappa shape index (κ3) is 1.77. The van der Waals surface area contributed by atoms with E-state index in [0.717, 1.165) is 5.69 Å². The van der Waals surface area contributed by atoms with Gasteiger partial charge in [0.2, 0.25) is 0 Å². The van der Waals surface area contributed by atoms with Crippen molar-refractivity contribution >= 4 is 17.6 Å². The molecule has 0 radical (unpaired) electrons. The highest BCUT2D eigenvalue weighted by Crippen LogP contribution is 2.18. The van der Waals surface area contributed by atoms with Gasteiger partial charge in [-0.3, -0.25) is 0 Å². The van der Waals surface area contributed by atoms with Gasteiger partial charge in [-0.05, 0) is 37.0 Å². The lowest BCUT2D eigenvalue weighted by Gasteiger charge is -1.86. The number of aryl methyl sites for hydroxylation is 1. The lowest BCUT2D eigenvalue weighted by atomic mass is 10.2. The first-order chi connectivity index (χ1) is 5.25. The van der Waals surface area contributed by atoms with Crippen molar-refractivity contribution < 1.29 is 0 Å². The zero-order chi connectivity index (χ0) is 8.27. The Bertz CT molecular complexity index is 284. The molecule has 1 aromatic heterocycles. The van der Waals surface area contributed by atoms with Crippen molar-refractivity contribution in [2.75, 3.05) is 0 Å². The molecule has 0 saturated carbocycles. The molecule has 0 unspecified atom stereocenters. The van der Waals surface area contributed by atoms with Gasteiger partial charge in [-0.1, -0.05) is 18.7 Å². The topological polar surface area (TPSA) is 12.9 Å². The average molecular weight is 165 g/mol. The van der Waals surface area contributed by atoms with Gasteiger partial charge in [-0.2, -0.15) is 4.37 Å². The molecule has 1 nitrogen and oxygen atoms in total. The summed E-state index contributed by atoms with van der Waals surface area (Å²) in [5.41, 5.74) is 2.40. The van der Waals surface area contributed by atoms with Crippen molar-refractivity contribution in [1.82, 2.24) is 4.37 Å². The summed E-state index contributed by atoms with van der Waals surface area (Å²) in [6, 6.07) is 0. The van der Waals surface area contributed by atoms with E-state index in [1.807, 2.05) is 19.1 Å². The SMILES string of the molecule is C=C/C=C\c1snc(C)c1C. The van der Waals surface area contributed by atoms with Crippen LogP contribution < -0.4 is 0 Å². The first-order valence-corrected chi connectivity index (χ1v) is 4.25. The van der Waals surface area contributed by atoms with Crippen molar-refractivity contribution in [2.24, 2.45) is 0 Å². The standard InChI is InChI=1S/C9H11NS/c1-4-5-6-9-7(2)8(3)10-11-9/h4-6H,1H2,2-3H3/b6-5-. The van der Waals surface area contributed by atoms with Crippen LogP contribution in [-0.4, -0.2) is 4.37 Å². The number of rotatable bonds is 2. The second-order valence-corrected chi connectivity index (χ2v) is 3.16. The van der Waals surface area contributed by atoms with Crippen LogP contribution in [0.25, 0.3) is 6.08 Å². The largest absolute Gasteiger partial charge is 0.197 e. The van der Waals surface area contributed by atoms with Gasteiger partial charge >= 0.3 is 0 Å². The Morgan fingerprint density at radius 3 is 2.64 bits per heavy atom. The van der Waals surface area contributed by atoms with E-state index in [0.29, 0.717) is 0 Å². The molecule has 0 bridgehead atoms. The maximum atomic E-state index is 4.23. The van der Waals surface area contributed by atoms with E-state index in [-0.39, 0.29) is 0 Å². The van der Waals surface area contributed by atoms with Gasteiger partial charge in [0.05, 0.1) is 10.6 Å². The minimum atomic E-state index is 1.12. The zero-order valence-corrected chi connectivity index (χ0v) is 7.61. The summed E-state index contributed by atoms with van der Waals surface area (Å²) in [4.78, 5) is 1.22. The molecule has 2 heteroatoms. The van der Waals surface area contributed by atoms with E-state index >= 15 is 0 Å². The molecule has 1 rings (SSSR count). The molecule has 1 heterocycles. The lowest BCUT2D eigenvalue weighted by molar-refractivity contribution is 1.27. The maximum Gasteiger partial charge on any atom is 0.0546 e. The molecule has 0 amide bonds. The van der Waals surface area contributed by atoms with Crippen molar-refractivity contribution in [2.45, 2.75) is 13.8 Å². The molecule has 0 spiro atoms. The van der Waals surface area contributed by atoms with Gasteiger partial charge in [-0.15, -0.1) is 0 Å². The van der Waals surface area contributed by atoms with Crippen LogP contribution in [-0.2, 0) is 0 Å². The van der Waals surface area contributed by atoms with Crippen LogP contribution in [0.5, 0.6) is 0 Å². The van der Waals surface area contributed by atoms with E-state index in [9.17, 15) is 0 Å². The summed E-state index contributed by atoms with van der Waals surface area (Å²) in [6.07, 6.45) is 5.74. The van der Waals surface area contributed by atoms with Gasteiger partial charge in [0.25, 0.3) is 0 Å². The molecule has 0 saturated heterocycles. The van der Waals surface area contributed by atoms with Crippen LogP contribution in [0.3, 0.4) is 0 Å². The number of hydrogen-bond acceptors (Lipinski definition) is 2. The van der Waals surface area contributed by atoms with Crippen molar-refractivity contribution in [3.63, 3.8) is 0 Å². The molecule has 0 aliphatic carbocycles. The van der Waals surface area contributed by atoms with Crippen LogP contribution in [0, 0.1) is 13.8 Å². The summed E-state index contributed by atoms with van der Waals surface area (Å²) < 4.78 is 4.23. The quantitative estimate of drug-likeness (QED) is 0.614. The second kappa shape index (κ2) is 3.49. The van der Waals surface area contributed by atoms with Gasteiger partial charge < -0.3 is 0 Å². The molecular formula is C9H11NS. The van der Waals surface area contributed by atoms with E-state index < -0.39 is 0 Å². The number of allylic oxidation sites excluding steroid dienone is 2. The normalized spacial score (nSPS) is 10.7. The molecule has 0 fully saturated rings. The van der Waals surface area contributed by atoms with Gasteiger partial charge in [0, 0.05) is 0 Å². The van der Waals surface area contributed by atoms with Crippen LogP contribution in [0.4, 0.5) is 0 Å². The molecule has 0 atom stereocenters. The highest BCUT2D eigenvalue weighted by atomic mass is 32.1. The van der Waals surface area contributed by atoms with E-state index in [1.54, 1.807) is 6.08 Å². The third-order valence-corrected chi connectivity index (χ3v) is 2.58. The van der Waals surface area contributed by atoms with Crippen molar-refractivity contribution in [3.8, 4) is 0 Å². The smallest absolute Gasteiger partial charge is 0.0546 e. The Hall–Kier alpha value is -0.890. The summed E-state index contributed by atoms with van der Waals surface area (Å²) >= 11 is 1.53. The molecule has 0 N–H and O–H groups in total. The Morgan fingerprint density at radius 1 is 1.45 bits per heavy atom. The molecule has 0 aliphatic rings. The number of nitrogens with zero attached hydrogens (tertiary/aromatic N) is 1. The van der Waals surface area contributed by atoms with Crippen LogP contribution in [0.2, 0.25) is 0 Å². The molecular weight excluding hydrogens is 154 g/mol. The van der Waals surface area contributed by atoms with E-state index in [2.05, 4.69) is 17.9 Å². The number of hydrogen-bond donors (Lipinski definition) is 0. The first kappa shape index (κ1) is 8.21. The molecule has 1 aromatic rings. The summed E-state index contributed by atoms with van der Waals surface area (Å²) in [5.74, 6) is 0. The molecule has 0 aromatic carbocycles. The predicted octanol–water partition coefficient (Wildman–Crippen LogP) is 2.96. The number of aromatic nitrogens is 1. The highest BCUT2D eigenvalue weighted by molar-refractivity contribution is 7.07. The Morgan fingerprint density at radius 2 is 2.18 bits per heavy atom. The molecule has 11 heavy (non-hydrogen) atoms. The Balaban J connectivity index is 2.95. The summed E-state index contributed by atoms with van der Waals surface area (Å²) in [5, 5.41) is 0. The fourth-order valence-corrected chi connectivity index (χ4v) is 1.54. The predicted molar refractivity (Wildman–Crippen MR) is 50.8 cm³/mol. The fraction of sp³-hybridized carbons (Fsp3) is 0.222. The monoisotopic (exact) mass is 165 g/mol. The van der Waals surface area contributed by atoms with E-state index in [1.165, 1.54) is 22.0 Å². The van der Waals surface area contributed by atoms with Crippen LogP contribution >= 0.6 is 11.5 Å². The fourth-order valence-electron chi connectivity index (χ4n) is 0.744. The van der Waals surface area contributed by atoms with Crippen LogP contribution in [0.15, 0.2) is 18.7 Å². The average Bonchev–Trinajstić information content (AvgIpc) is 2.31. The zero-order valence-electron chi connectivity index (χ0n) is 6.79. The Kier molecular flexibility index (Phi) is 2.60. The minimum absolute atomic E-state index is 1.12. The molecule has 58 valence electrons. The van der Waals surface area contributed by atoms with Gasteiger partial charge in [-0.25, -0.2) is 0 Å². The minimum Gasteiger partial charge on any atom is -0.197 e. The first-order valence-electron chi connectivity index (χ1n) is 3.47. The van der Waals surface area contributed by atoms with Gasteiger partial charge in [0.1, 0.15) is 0 Å². The third-order valence-electron chi connectivity index (χ3n) is 1.58. The van der Waals surface area contributed by atoms with Crippen molar-refractivity contribution in [3.05, 3.63) is 34.9 Å². The lowest BCUT2D eigenvalue weighted by Crippen LogP contribution is -1.73. The Labute approximate surface area is 71.2 Å². The van der Waals surface area contributed by atoms with Crippen molar-refractivity contribution in [1.29, 1.82) is 0 Å². The molecule has 0 aliphatic heterocycles. The van der Waals surface area contributed by atoms with Gasteiger partial charge in [0.15, 0.2) is 0 Å².